The second-order valence-corrected chi connectivity index (χ2v) is 8.59. The number of allylic oxidation sites excluding steroid dienone is 2. The van der Waals surface area contributed by atoms with Crippen LogP contribution in [0.3, 0.4) is 0 Å². The number of amides is 1. The van der Waals surface area contributed by atoms with Gasteiger partial charge in [-0.1, -0.05) is 30.4 Å². The van der Waals surface area contributed by atoms with E-state index in [1.54, 1.807) is 35.9 Å². The van der Waals surface area contributed by atoms with Gasteiger partial charge >= 0.3 is 0 Å². The van der Waals surface area contributed by atoms with Crippen LogP contribution < -0.4 is 15.2 Å². The quantitative estimate of drug-likeness (QED) is 0.716. The molecule has 0 saturated heterocycles. The van der Waals surface area contributed by atoms with Gasteiger partial charge in [-0.3, -0.25) is 19.3 Å². The molecule has 2 aromatic rings. The van der Waals surface area contributed by atoms with Crippen LogP contribution in [0, 0.1) is 24.6 Å². The second-order valence-electron chi connectivity index (χ2n) is 8.59. The van der Waals surface area contributed by atoms with Gasteiger partial charge < -0.3 is 14.4 Å². The van der Waals surface area contributed by atoms with Crippen LogP contribution in [0.1, 0.15) is 27.7 Å². The highest BCUT2D eigenvalue weighted by Gasteiger charge is 2.42. The van der Waals surface area contributed by atoms with E-state index in [-0.39, 0.29) is 35.0 Å². The molecule has 0 radical (unpaired) electrons. The maximum atomic E-state index is 14.1. The highest BCUT2D eigenvalue weighted by atomic mass is 19.1. The number of fused-ring (bicyclic) bond motifs is 3. The predicted molar refractivity (Wildman–Crippen MR) is 121 cm³/mol. The van der Waals surface area contributed by atoms with Crippen LogP contribution in [0.4, 0.5) is 4.39 Å². The molecule has 172 valence electrons. The number of ether oxygens (including phenoxy) is 2. The zero-order valence-electron chi connectivity index (χ0n) is 18.6. The third-order valence-electron chi connectivity index (χ3n) is 6.68. The van der Waals surface area contributed by atoms with Crippen LogP contribution in [0.25, 0.3) is 0 Å². The van der Waals surface area contributed by atoms with Crippen molar-refractivity contribution in [1.29, 1.82) is 0 Å². The molecule has 1 aromatic heterocycles. The molecule has 1 aliphatic carbocycles. The minimum absolute atomic E-state index is 0.0202. The highest BCUT2D eigenvalue weighted by molar-refractivity contribution is 5.95. The van der Waals surface area contributed by atoms with Crippen molar-refractivity contribution in [3.63, 3.8) is 0 Å². The molecule has 1 amide bonds. The Morgan fingerprint density at radius 1 is 1.18 bits per heavy atom. The van der Waals surface area contributed by atoms with Crippen LogP contribution in [0.2, 0.25) is 0 Å². The van der Waals surface area contributed by atoms with E-state index in [1.807, 2.05) is 12.2 Å². The topological polar surface area (TPSA) is 64.0 Å². The molecule has 0 fully saturated rings. The number of nitrogens with zero attached hydrogens (tertiary/aromatic N) is 3. The van der Waals surface area contributed by atoms with Crippen LogP contribution in [0.15, 0.2) is 59.6 Å². The molecule has 3 atom stereocenters. The van der Waals surface area contributed by atoms with Crippen molar-refractivity contribution in [1.82, 2.24) is 9.58 Å². The summed E-state index contributed by atoms with van der Waals surface area (Å²) in [6, 6.07) is 5.84. The van der Waals surface area contributed by atoms with Gasteiger partial charge in [0.05, 0.1) is 19.3 Å². The first-order valence-corrected chi connectivity index (χ1v) is 11.0. The summed E-state index contributed by atoms with van der Waals surface area (Å²) >= 11 is 0. The van der Waals surface area contributed by atoms with Crippen molar-refractivity contribution in [3.8, 4) is 5.75 Å². The fraction of sp³-hybridized carbons (Fsp3) is 0.360. The van der Waals surface area contributed by atoms with Crippen molar-refractivity contribution in [3.05, 3.63) is 87.6 Å². The van der Waals surface area contributed by atoms with Crippen molar-refractivity contribution in [2.24, 2.45) is 11.8 Å². The Kier molecular flexibility index (Phi) is 5.54. The Labute approximate surface area is 191 Å². The first kappa shape index (κ1) is 21.5. The molecule has 0 N–H and O–H groups in total. The normalized spacial score (nSPS) is 23.5. The van der Waals surface area contributed by atoms with Gasteiger partial charge in [-0.15, -0.1) is 0 Å². The summed E-state index contributed by atoms with van der Waals surface area (Å²) in [6.07, 6.45) is 9.91. The number of carbonyl (C=O) groups is 1. The maximum absolute atomic E-state index is 14.1. The molecule has 0 spiro atoms. The Morgan fingerprint density at radius 3 is 2.82 bits per heavy atom. The van der Waals surface area contributed by atoms with Crippen molar-refractivity contribution in [2.75, 3.05) is 38.5 Å². The van der Waals surface area contributed by atoms with Crippen molar-refractivity contribution < 1.29 is 18.7 Å². The van der Waals surface area contributed by atoms with E-state index in [2.05, 4.69) is 17.2 Å². The number of aromatic nitrogens is 1. The van der Waals surface area contributed by atoms with Gasteiger partial charge in [0, 0.05) is 54.9 Å². The standard InChI is InChI=1S/C25H26FN3O4/c1-16-21(30)9-10-28-23(16)25(31)27(11-12-32-2)15-29(28)24-19-6-4-3-5-17(19)14-33-22-13-18(26)7-8-20(22)24/h3-10,13,17,19,24H,11-12,14-15H2,1-2H3. The van der Waals surface area contributed by atoms with Gasteiger partial charge in [-0.2, -0.15) is 0 Å². The predicted octanol–water partition coefficient (Wildman–Crippen LogP) is 2.79. The van der Waals surface area contributed by atoms with E-state index in [0.717, 1.165) is 5.56 Å². The number of hydrogen-bond donors (Lipinski definition) is 0. The first-order valence-electron chi connectivity index (χ1n) is 11.0. The number of pyridine rings is 1. The van der Waals surface area contributed by atoms with Gasteiger partial charge in [0.1, 0.15) is 23.9 Å². The molecule has 0 saturated carbocycles. The third-order valence-corrected chi connectivity index (χ3v) is 6.68. The summed E-state index contributed by atoms with van der Waals surface area (Å²) in [5.41, 5.74) is 1.39. The highest BCUT2D eigenvalue weighted by Crippen LogP contribution is 2.44. The molecule has 2 aliphatic heterocycles. The van der Waals surface area contributed by atoms with E-state index in [1.165, 1.54) is 18.2 Å². The van der Waals surface area contributed by atoms with Crippen LogP contribution in [0.5, 0.6) is 5.75 Å². The fourth-order valence-electron chi connectivity index (χ4n) is 4.96. The van der Waals surface area contributed by atoms with Crippen LogP contribution >= 0.6 is 0 Å². The van der Waals surface area contributed by atoms with Gasteiger partial charge in [0.2, 0.25) is 0 Å². The Hall–Kier alpha value is -3.39. The van der Waals surface area contributed by atoms with Crippen molar-refractivity contribution >= 4 is 5.91 Å². The number of methoxy groups -OCH3 is 1. The molecule has 3 unspecified atom stereocenters. The molecule has 33 heavy (non-hydrogen) atoms. The number of halogens is 1. The van der Waals surface area contributed by atoms with E-state index in [0.29, 0.717) is 43.4 Å². The summed E-state index contributed by atoms with van der Waals surface area (Å²) < 4.78 is 27.2. The molecular weight excluding hydrogens is 425 g/mol. The number of rotatable bonds is 4. The average molecular weight is 451 g/mol. The molecule has 0 bridgehead atoms. The molecule has 7 nitrogen and oxygen atoms in total. The summed E-state index contributed by atoms with van der Waals surface area (Å²) in [5, 5.41) is 2.07. The zero-order chi connectivity index (χ0) is 23.1. The molecule has 1 aromatic carbocycles. The molecular formula is C25H26FN3O4. The lowest BCUT2D eigenvalue weighted by atomic mass is 9.80. The Bertz CT molecular complexity index is 1200. The lowest BCUT2D eigenvalue weighted by molar-refractivity contribution is 0.0603. The van der Waals surface area contributed by atoms with Gasteiger partial charge in [-0.25, -0.2) is 4.39 Å². The molecule has 5 rings (SSSR count). The maximum Gasteiger partial charge on any atom is 0.274 e. The number of benzene rings is 1. The monoisotopic (exact) mass is 451 g/mol. The molecule has 3 heterocycles. The Balaban J connectivity index is 1.70. The van der Waals surface area contributed by atoms with Gasteiger partial charge in [0.25, 0.3) is 5.91 Å². The fourth-order valence-corrected chi connectivity index (χ4v) is 4.96. The summed E-state index contributed by atoms with van der Waals surface area (Å²) in [7, 11) is 1.59. The van der Waals surface area contributed by atoms with Gasteiger partial charge in [-0.05, 0) is 13.0 Å². The molecule has 3 aliphatic rings. The summed E-state index contributed by atoms with van der Waals surface area (Å²) in [6.45, 7) is 3.15. The van der Waals surface area contributed by atoms with Crippen LogP contribution in [-0.2, 0) is 4.74 Å². The zero-order valence-corrected chi connectivity index (χ0v) is 18.6. The lowest BCUT2D eigenvalue weighted by Gasteiger charge is -2.46. The summed E-state index contributed by atoms with van der Waals surface area (Å²) in [5.74, 6) is 0.0179. The third kappa shape index (κ3) is 3.64. The number of carbonyl (C=O) groups excluding carboxylic acids is 1. The smallest absolute Gasteiger partial charge is 0.274 e. The molecule has 8 heteroatoms. The Morgan fingerprint density at radius 2 is 2.00 bits per heavy atom. The SMILES string of the molecule is COCCN1CN(C2c3ccc(F)cc3OCC3C=CC=CC32)n2ccc(=O)c(C)c2C1=O. The van der Waals surface area contributed by atoms with E-state index >= 15 is 0 Å². The lowest BCUT2D eigenvalue weighted by Crippen LogP contribution is -2.57. The van der Waals surface area contributed by atoms with Gasteiger partial charge in [0.15, 0.2) is 5.43 Å². The van der Waals surface area contributed by atoms with Crippen LogP contribution in [-0.4, -0.2) is 49.0 Å². The summed E-state index contributed by atoms with van der Waals surface area (Å²) in [4.78, 5) is 27.5. The largest absolute Gasteiger partial charge is 0.492 e. The second kappa shape index (κ2) is 8.51. The average Bonchev–Trinajstić information content (AvgIpc) is 2.97. The van der Waals surface area contributed by atoms with E-state index < -0.39 is 0 Å². The first-order chi connectivity index (χ1) is 16.0. The number of hydrogen-bond acceptors (Lipinski definition) is 5. The van der Waals surface area contributed by atoms with Crippen molar-refractivity contribution in [2.45, 2.75) is 13.0 Å². The minimum Gasteiger partial charge on any atom is -0.492 e. The van der Waals surface area contributed by atoms with E-state index in [4.69, 9.17) is 9.47 Å². The minimum atomic E-state index is -0.362. The van der Waals surface area contributed by atoms with E-state index in [9.17, 15) is 14.0 Å².